The second-order valence-electron chi connectivity index (χ2n) is 3.59. The maximum absolute atomic E-state index is 11.4. The van der Waals surface area contributed by atoms with Crippen molar-refractivity contribution in [3.05, 3.63) is 0 Å². The van der Waals surface area contributed by atoms with Gasteiger partial charge in [-0.1, -0.05) is 6.92 Å². The molecular formula is C9H17N3O3. The number of carbonyl (C=O) groups excluding carboxylic acids is 2. The number of nitrogens with zero attached hydrogens (tertiary/aromatic N) is 1. The molecule has 0 aromatic heterocycles. The summed E-state index contributed by atoms with van der Waals surface area (Å²) in [5, 5.41) is 0. The lowest BCUT2D eigenvalue weighted by Crippen LogP contribution is -2.59. The maximum Gasteiger partial charge on any atom is 0.317 e. The van der Waals surface area contributed by atoms with Crippen molar-refractivity contribution in [2.75, 3.05) is 13.2 Å². The maximum atomic E-state index is 11.4. The Morgan fingerprint density at radius 2 is 2.13 bits per heavy atom. The summed E-state index contributed by atoms with van der Waals surface area (Å²) in [4.78, 5) is 23.8. The summed E-state index contributed by atoms with van der Waals surface area (Å²) in [6, 6.07) is -0.664. The first-order chi connectivity index (χ1) is 7.04. The predicted octanol–water partition coefficient (Wildman–Crippen LogP) is -0.231. The van der Waals surface area contributed by atoms with Gasteiger partial charge in [-0.15, -0.1) is 0 Å². The van der Waals surface area contributed by atoms with Gasteiger partial charge in [-0.3, -0.25) is 9.69 Å². The Morgan fingerprint density at radius 1 is 1.47 bits per heavy atom. The molecule has 6 nitrogen and oxygen atoms in total. The summed E-state index contributed by atoms with van der Waals surface area (Å²) in [6.45, 7) is 2.72. The van der Waals surface area contributed by atoms with Crippen LogP contribution in [0.1, 0.15) is 26.2 Å². The van der Waals surface area contributed by atoms with Gasteiger partial charge in [0.15, 0.2) is 0 Å². The summed E-state index contributed by atoms with van der Waals surface area (Å²) in [6.07, 6.45) is 1.85. The van der Waals surface area contributed by atoms with E-state index in [4.69, 9.17) is 16.2 Å². The van der Waals surface area contributed by atoms with Gasteiger partial charge >= 0.3 is 6.03 Å². The Labute approximate surface area is 88.5 Å². The van der Waals surface area contributed by atoms with Crippen LogP contribution in [0.3, 0.4) is 0 Å². The lowest BCUT2D eigenvalue weighted by atomic mass is 10.1. The lowest BCUT2D eigenvalue weighted by molar-refractivity contribution is -0.161. The van der Waals surface area contributed by atoms with E-state index in [9.17, 15) is 9.59 Å². The highest BCUT2D eigenvalue weighted by Gasteiger charge is 2.49. The molecule has 6 heteroatoms. The van der Waals surface area contributed by atoms with Crippen LogP contribution >= 0.6 is 0 Å². The van der Waals surface area contributed by atoms with Crippen molar-refractivity contribution in [2.24, 2.45) is 11.5 Å². The van der Waals surface area contributed by atoms with Crippen LogP contribution in [0.15, 0.2) is 0 Å². The third-order valence-corrected chi connectivity index (χ3v) is 2.53. The smallest absolute Gasteiger partial charge is 0.317 e. The van der Waals surface area contributed by atoms with Crippen LogP contribution < -0.4 is 11.5 Å². The molecule has 1 rings (SSSR count). The molecule has 0 saturated carbocycles. The highest BCUT2D eigenvalue weighted by Crippen LogP contribution is 2.30. The van der Waals surface area contributed by atoms with E-state index in [1.54, 1.807) is 0 Å². The van der Waals surface area contributed by atoms with Crippen LogP contribution in [0.4, 0.5) is 4.79 Å². The number of amides is 3. The number of carbonyl (C=O) groups is 2. The van der Waals surface area contributed by atoms with Crippen molar-refractivity contribution in [3.8, 4) is 0 Å². The first-order valence-corrected chi connectivity index (χ1v) is 5.05. The predicted molar refractivity (Wildman–Crippen MR) is 53.7 cm³/mol. The molecule has 3 amide bonds. The van der Waals surface area contributed by atoms with E-state index in [0.717, 1.165) is 6.42 Å². The zero-order valence-corrected chi connectivity index (χ0v) is 8.86. The number of likely N-dealkylation sites (tertiary alicyclic amines) is 1. The molecule has 0 radical (unpaired) electrons. The molecule has 0 aliphatic carbocycles. The standard InChI is InChI=1S/C9H17N3O3/c1-2-6-15-9(7(10)13)4-3-5-12(9)8(11)14/h2-6H2,1H3,(H2,10,13)(H2,11,14). The third kappa shape index (κ3) is 2.04. The quantitative estimate of drug-likeness (QED) is 0.677. The fourth-order valence-electron chi connectivity index (χ4n) is 1.83. The minimum Gasteiger partial charge on any atom is -0.365 e. The summed E-state index contributed by atoms with van der Waals surface area (Å²) in [7, 11) is 0. The van der Waals surface area contributed by atoms with E-state index in [1.807, 2.05) is 6.92 Å². The highest BCUT2D eigenvalue weighted by molar-refractivity contribution is 5.88. The van der Waals surface area contributed by atoms with Crippen LogP contribution in [0.5, 0.6) is 0 Å². The molecule has 1 fully saturated rings. The Balaban J connectivity index is 2.88. The zero-order chi connectivity index (χ0) is 11.5. The Kier molecular flexibility index (Phi) is 3.52. The molecule has 1 aliphatic heterocycles. The van der Waals surface area contributed by atoms with Gasteiger partial charge in [0.05, 0.1) is 0 Å². The number of primary amides is 2. The van der Waals surface area contributed by atoms with E-state index in [1.165, 1.54) is 4.90 Å². The minimum atomic E-state index is -1.32. The number of urea groups is 1. The van der Waals surface area contributed by atoms with E-state index in [2.05, 4.69) is 0 Å². The second-order valence-corrected chi connectivity index (χ2v) is 3.59. The number of nitrogens with two attached hydrogens (primary N) is 2. The van der Waals surface area contributed by atoms with Gasteiger partial charge in [0.1, 0.15) is 0 Å². The monoisotopic (exact) mass is 215 g/mol. The normalized spacial score (nSPS) is 25.5. The van der Waals surface area contributed by atoms with E-state index in [0.29, 0.717) is 26.0 Å². The minimum absolute atomic E-state index is 0.382. The molecule has 0 bridgehead atoms. The largest absolute Gasteiger partial charge is 0.365 e. The van der Waals surface area contributed by atoms with Crippen molar-refractivity contribution in [3.63, 3.8) is 0 Å². The van der Waals surface area contributed by atoms with Crippen LogP contribution in [0, 0.1) is 0 Å². The molecule has 4 N–H and O–H groups in total. The van der Waals surface area contributed by atoms with Gasteiger partial charge in [0.25, 0.3) is 5.91 Å². The Bertz CT molecular complexity index is 269. The zero-order valence-electron chi connectivity index (χ0n) is 8.86. The number of rotatable bonds is 4. The lowest BCUT2D eigenvalue weighted by Gasteiger charge is -2.34. The number of hydrogen-bond acceptors (Lipinski definition) is 3. The molecule has 1 atom stereocenters. The third-order valence-electron chi connectivity index (χ3n) is 2.53. The summed E-state index contributed by atoms with van der Waals surface area (Å²) in [5.74, 6) is -0.646. The summed E-state index contributed by atoms with van der Waals surface area (Å²) >= 11 is 0. The van der Waals surface area contributed by atoms with E-state index in [-0.39, 0.29) is 0 Å². The SMILES string of the molecule is CCCOC1(C(N)=O)CCCN1C(N)=O. The number of hydrogen-bond donors (Lipinski definition) is 2. The van der Waals surface area contributed by atoms with Crippen LogP contribution in [0.25, 0.3) is 0 Å². The molecule has 0 aromatic rings. The Morgan fingerprint density at radius 3 is 2.60 bits per heavy atom. The molecule has 1 unspecified atom stereocenters. The first kappa shape index (κ1) is 11.8. The van der Waals surface area contributed by atoms with Crippen LogP contribution in [0.2, 0.25) is 0 Å². The average Bonchev–Trinajstić information content (AvgIpc) is 2.59. The van der Waals surface area contributed by atoms with E-state index >= 15 is 0 Å². The van der Waals surface area contributed by atoms with Gasteiger partial charge in [-0.05, 0) is 12.8 Å². The van der Waals surface area contributed by atoms with Gasteiger partial charge in [0.2, 0.25) is 5.72 Å². The van der Waals surface area contributed by atoms with Gasteiger partial charge in [0, 0.05) is 19.6 Å². The fraction of sp³-hybridized carbons (Fsp3) is 0.778. The molecule has 1 aliphatic rings. The van der Waals surface area contributed by atoms with Crippen molar-refractivity contribution < 1.29 is 14.3 Å². The van der Waals surface area contributed by atoms with Gasteiger partial charge < -0.3 is 16.2 Å². The molecule has 15 heavy (non-hydrogen) atoms. The van der Waals surface area contributed by atoms with Crippen LogP contribution in [-0.4, -0.2) is 35.7 Å². The highest BCUT2D eigenvalue weighted by atomic mass is 16.5. The number of ether oxygens (including phenoxy) is 1. The molecule has 0 spiro atoms. The molecule has 0 aromatic carbocycles. The van der Waals surface area contributed by atoms with Crippen LogP contribution in [-0.2, 0) is 9.53 Å². The second kappa shape index (κ2) is 4.48. The van der Waals surface area contributed by atoms with Gasteiger partial charge in [-0.2, -0.15) is 0 Å². The van der Waals surface area contributed by atoms with Crippen molar-refractivity contribution in [1.29, 1.82) is 0 Å². The molecule has 86 valence electrons. The van der Waals surface area contributed by atoms with E-state index < -0.39 is 17.7 Å². The average molecular weight is 215 g/mol. The summed E-state index contributed by atoms with van der Waals surface area (Å²) in [5.41, 5.74) is 9.15. The fourth-order valence-corrected chi connectivity index (χ4v) is 1.83. The molecule has 1 saturated heterocycles. The topological polar surface area (TPSA) is 98.7 Å². The summed E-state index contributed by atoms with van der Waals surface area (Å²) < 4.78 is 5.43. The molecule has 1 heterocycles. The Hall–Kier alpha value is -1.30. The van der Waals surface area contributed by atoms with Crippen molar-refractivity contribution in [1.82, 2.24) is 4.90 Å². The van der Waals surface area contributed by atoms with Crippen molar-refractivity contribution in [2.45, 2.75) is 31.9 Å². The molecular weight excluding hydrogens is 198 g/mol. The van der Waals surface area contributed by atoms with Gasteiger partial charge in [-0.25, -0.2) is 4.79 Å². The first-order valence-electron chi connectivity index (χ1n) is 5.05. The van der Waals surface area contributed by atoms with Crippen molar-refractivity contribution >= 4 is 11.9 Å².